The molecule has 1 aromatic carbocycles. The van der Waals surface area contributed by atoms with Gasteiger partial charge in [0.25, 0.3) is 0 Å². The van der Waals surface area contributed by atoms with Crippen LogP contribution in [0.5, 0.6) is 0 Å². The summed E-state index contributed by atoms with van der Waals surface area (Å²) in [6, 6.07) is 6.25. The van der Waals surface area contributed by atoms with E-state index < -0.39 is 0 Å². The molecule has 18 heavy (non-hydrogen) atoms. The fourth-order valence-electron chi connectivity index (χ4n) is 2.11. The van der Waals surface area contributed by atoms with Crippen molar-refractivity contribution < 1.29 is 4.79 Å². The van der Waals surface area contributed by atoms with E-state index >= 15 is 0 Å². The highest BCUT2D eigenvalue weighted by Gasteiger charge is 2.15. The Morgan fingerprint density at radius 2 is 2.11 bits per heavy atom. The molecule has 1 aliphatic rings. The van der Waals surface area contributed by atoms with E-state index in [1.54, 1.807) is 18.7 Å². The molecule has 1 aromatic rings. The largest absolute Gasteiger partial charge is 0.367 e. The van der Waals surface area contributed by atoms with Gasteiger partial charge in [0.15, 0.2) is 0 Å². The third kappa shape index (κ3) is 3.17. The molecule has 1 fully saturated rings. The molecule has 1 aliphatic heterocycles. The summed E-state index contributed by atoms with van der Waals surface area (Å²) in [5.74, 6) is -0.0235. The van der Waals surface area contributed by atoms with Crippen molar-refractivity contribution in [1.82, 2.24) is 5.32 Å². The molecule has 4 nitrogen and oxygen atoms in total. The maximum absolute atomic E-state index is 11.3. The molecular weight excluding hydrogens is 246 g/mol. The number of thioether (sulfide) groups is 1. The molecule has 2 N–H and O–H groups in total. The molecule has 98 valence electrons. The number of anilines is 2. The van der Waals surface area contributed by atoms with Gasteiger partial charge in [-0.25, -0.2) is 0 Å². The number of piperazine rings is 1. The SMILES string of the molecule is CSc1ccc(N2CCNCC2)c(NC(C)=O)c1. The Morgan fingerprint density at radius 1 is 1.39 bits per heavy atom. The molecule has 0 atom stereocenters. The number of carbonyl (C=O) groups is 1. The van der Waals surface area contributed by atoms with Gasteiger partial charge in [-0.1, -0.05) is 0 Å². The Labute approximate surface area is 112 Å². The van der Waals surface area contributed by atoms with Gasteiger partial charge in [-0.2, -0.15) is 0 Å². The molecule has 0 unspecified atom stereocenters. The molecule has 0 aromatic heterocycles. The van der Waals surface area contributed by atoms with Crippen molar-refractivity contribution in [3.05, 3.63) is 18.2 Å². The normalized spacial score (nSPS) is 15.6. The molecule has 0 saturated carbocycles. The Kier molecular flexibility index (Phi) is 4.49. The average molecular weight is 265 g/mol. The Morgan fingerprint density at radius 3 is 2.72 bits per heavy atom. The summed E-state index contributed by atoms with van der Waals surface area (Å²) in [5.41, 5.74) is 2.03. The smallest absolute Gasteiger partial charge is 0.221 e. The first-order chi connectivity index (χ1) is 8.70. The van der Waals surface area contributed by atoms with E-state index in [0.29, 0.717) is 0 Å². The summed E-state index contributed by atoms with van der Waals surface area (Å²) >= 11 is 1.68. The zero-order valence-corrected chi connectivity index (χ0v) is 11.6. The highest BCUT2D eigenvalue weighted by atomic mass is 32.2. The van der Waals surface area contributed by atoms with E-state index in [9.17, 15) is 4.79 Å². The van der Waals surface area contributed by atoms with Gasteiger partial charge in [0.05, 0.1) is 11.4 Å². The Bertz CT molecular complexity index is 430. The average Bonchev–Trinajstić information content (AvgIpc) is 2.39. The minimum Gasteiger partial charge on any atom is -0.367 e. The van der Waals surface area contributed by atoms with Gasteiger partial charge in [-0.15, -0.1) is 11.8 Å². The molecule has 5 heteroatoms. The molecule has 0 spiro atoms. The van der Waals surface area contributed by atoms with E-state index in [-0.39, 0.29) is 5.91 Å². The lowest BCUT2D eigenvalue weighted by Gasteiger charge is -2.31. The van der Waals surface area contributed by atoms with E-state index in [2.05, 4.69) is 27.7 Å². The summed E-state index contributed by atoms with van der Waals surface area (Å²) in [6.45, 7) is 5.48. The summed E-state index contributed by atoms with van der Waals surface area (Å²) in [7, 11) is 0. The zero-order valence-electron chi connectivity index (χ0n) is 10.8. The van der Waals surface area contributed by atoms with Crippen LogP contribution in [0.3, 0.4) is 0 Å². The third-order valence-electron chi connectivity index (χ3n) is 2.97. The number of nitrogens with zero attached hydrogens (tertiary/aromatic N) is 1. The standard InChI is InChI=1S/C13H19N3OS/c1-10(17)15-12-9-11(18-2)3-4-13(12)16-7-5-14-6-8-16/h3-4,9,14H,5-8H2,1-2H3,(H,15,17). The van der Waals surface area contributed by atoms with Crippen LogP contribution < -0.4 is 15.5 Å². The van der Waals surface area contributed by atoms with Gasteiger partial charge in [0.1, 0.15) is 0 Å². The first kappa shape index (κ1) is 13.2. The zero-order chi connectivity index (χ0) is 13.0. The van der Waals surface area contributed by atoms with Crippen LogP contribution in [0.15, 0.2) is 23.1 Å². The van der Waals surface area contributed by atoms with Crippen LogP contribution in [0.1, 0.15) is 6.92 Å². The second kappa shape index (κ2) is 6.11. The quantitative estimate of drug-likeness (QED) is 0.818. The first-order valence-electron chi connectivity index (χ1n) is 6.12. The van der Waals surface area contributed by atoms with Gasteiger partial charge in [0, 0.05) is 38.0 Å². The Balaban J connectivity index is 2.28. The summed E-state index contributed by atoms with van der Waals surface area (Å²) in [5, 5.41) is 6.27. The monoisotopic (exact) mass is 265 g/mol. The molecule has 0 bridgehead atoms. The van der Waals surface area contributed by atoms with Crippen molar-refractivity contribution in [2.24, 2.45) is 0 Å². The van der Waals surface area contributed by atoms with Gasteiger partial charge in [-0.3, -0.25) is 4.79 Å². The maximum atomic E-state index is 11.3. The van der Waals surface area contributed by atoms with Crippen molar-refractivity contribution in [3.63, 3.8) is 0 Å². The van der Waals surface area contributed by atoms with E-state index in [1.807, 2.05) is 12.3 Å². The van der Waals surface area contributed by atoms with E-state index in [1.165, 1.54) is 0 Å². The van der Waals surface area contributed by atoms with E-state index in [4.69, 9.17) is 0 Å². The van der Waals surface area contributed by atoms with Crippen molar-refractivity contribution in [2.45, 2.75) is 11.8 Å². The first-order valence-corrected chi connectivity index (χ1v) is 7.34. The van der Waals surface area contributed by atoms with Gasteiger partial charge < -0.3 is 15.5 Å². The molecule has 0 aliphatic carbocycles. The van der Waals surface area contributed by atoms with Crippen molar-refractivity contribution >= 4 is 29.0 Å². The summed E-state index contributed by atoms with van der Waals surface area (Å²) < 4.78 is 0. The van der Waals surface area contributed by atoms with Crippen LogP contribution in [0, 0.1) is 0 Å². The fourth-order valence-corrected chi connectivity index (χ4v) is 2.55. The molecule has 1 amide bonds. The lowest BCUT2D eigenvalue weighted by molar-refractivity contribution is -0.114. The molecule has 0 radical (unpaired) electrons. The highest BCUT2D eigenvalue weighted by molar-refractivity contribution is 7.98. The lowest BCUT2D eigenvalue weighted by Crippen LogP contribution is -2.43. The number of amides is 1. The number of nitrogens with one attached hydrogen (secondary N) is 2. The van der Waals surface area contributed by atoms with Crippen LogP contribution in [0.4, 0.5) is 11.4 Å². The summed E-state index contributed by atoms with van der Waals surface area (Å²) in [6.07, 6.45) is 2.04. The number of rotatable bonds is 3. The number of hydrogen-bond donors (Lipinski definition) is 2. The number of benzene rings is 1. The highest BCUT2D eigenvalue weighted by Crippen LogP contribution is 2.30. The minimum absolute atomic E-state index is 0.0235. The van der Waals surface area contributed by atoms with E-state index in [0.717, 1.165) is 42.4 Å². The number of hydrogen-bond acceptors (Lipinski definition) is 4. The van der Waals surface area contributed by atoms with Crippen molar-refractivity contribution in [3.8, 4) is 0 Å². The molecule has 2 rings (SSSR count). The third-order valence-corrected chi connectivity index (χ3v) is 3.70. The van der Waals surface area contributed by atoms with Crippen LogP contribution in [0.2, 0.25) is 0 Å². The van der Waals surface area contributed by atoms with Crippen molar-refractivity contribution in [2.75, 3.05) is 42.7 Å². The summed E-state index contributed by atoms with van der Waals surface area (Å²) in [4.78, 5) is 14.8. The second-order valence-electron chi connectivity index (χ2n) is 4.30. The Hall–Kier alpha value is -1.20. The minimum atomic E-state index is -0.0235. The second-order valence-corrected chi connectivity index (χ2v) is 5.18. The van der Waals surface area contributed by atoms with Gasteiger partial charge in [-0.05, 0) is 24.5 Å². The van der Waals surface area contributed by atoms with Gasteiger partial charge >= 0.3 is 0 Å². The fraction of sp³-hybridized carbons (Fsp3) is 0.462. The van der Waals surface area contributed by atoms with Crippen LogP contribution in [0.25, 0.3) is 0 Å². The van der Waals surface area contributed by atoms with Gasteiger partial charge in [0.2, 0.25) is 5.91 Å². The molecule has 1 saturated heterocycles. The molecular formula is C13H19N3OS. The van der Waals surface area contributed by atoms with Crippen LogP contribution in [-0.2, 0) is 4.79 Å². The predicted molar refractivity (Wildman–Crippen MR) is 77.6 cm³/mol. The number of carbonyl (C=O) groups excluding carboxylic acids is 1. The molecule has 1 heterocycles. The topological polar surface area (TPSA) is 44.4 Å². The predicted octanol–water partition coefficient (Wildman–Crippen LogP) is 1.78. The van der Waals surface area contributed by atoms with Crippen molar-refractivity contribution in [1.29, 1.82) is 0 Å². The van der Waals surface area contributed by atoms with Crippen LogP contribution >= 0.6 is 11.8 Å². The maximum Gasteiger partial charge on any atom is 0.221 e. The lowest BCUT2D eigenvalue weighted by atomic mass is 10.2. The van der Waals surface area contributed by atoms with Crippen LogP contribution in [-0.4, -0.2) is 38.3 Å².